The first kappa shape index (κ1) is 20.0. The molecule has 0 saturated heterocycles. The summed E-state index contributed by atoms with van der Waals surface area (Å²) >= 11 is 0. The lowest BCUT2D eigenvalue weighted by atomic mass is 9.91. The topological polar surface area (TPSA) is 109 Å². The third kappa shape index (κ3) is 3.41. The number of fused-ring (bicyclic) bond motifs is 1. The molecule has 1 aromatic carbocycles. The molecule has 2 heterocycles. The summed E-state index contributed by atoms with van der Waals surface area (Å²) in [5.74, 6) is -1.24. The van der Waals surface area contributed by atoms with Crippen LogP contribution in [0.25, 0.3) is 16.7 Å². The van der Waals surface area contributed by atoms with Gasteiger partial charge in [0, 0.05) is 12.1 Å². The Bertz CT molecular complexity index is 1240. The zero-order valence-corrected chi connectivity index (χ0v) is 16.4. The van der Waals surface area contributed by atoms with Gasteiger partial charge in [-0.05, 0) is 49.9 Å². The fourth-order valence-electron chi connectivity index (χ4n) is 3.99. The van der Waals surface area contributed by atoms with Crippen molar-refractivity contribution >= 4 is 17.0 Å². The Balaban J connectivity index is 2.01. The van der Waals surface area contributed by atoms with Crippen molar-refractivity contribution in [2.75, 3.05) is 7.11 Å². The Labute approximate surface area is 170 Å². The molecule has 0 aliphatic heterocycles. The van der Waals surface area contributed by atoms with E-state index in [2.05, 4.69) is 4.98 Å². The number of halogens is 1. The Morgan fingerprint density at radius 2 is 1.93 bits per heavy atom. The van der Waals surface area contributed by atoms with Crippen molar-refractivity contribution < 1.29 is 13.9 Å². The number of carbonyl (C=O) groups excluding carboxylic acids is 1. The minimum Gasteiger partial charge on any atom is -0.465 e. The van der Waals surface area contributed by atoms with Gasteiger partial charge in [-0.3, -0.25) is 9.36 Å². The van der Waals surface area contributed by atoms with Crippen LogP contribution in [0.4, 0.5) is 4.39 Å². The van der Waals surface area contributed by atoms with Gasteiger partial charge >= 0.3 is 11.7 Å². The van der Waals surface area contributed by atoms with Crippen molar-refractivity contribution in [2.45, 2.75) is 37.8 Å². The van der Waals surface area contributed by atoms with Crippen molar-refractivity contribution in [2.24, 2.45) is 5.73 Å². The molecule has 1 saturated carbocycles. The van der Waals surface area contributed by atoms with Crippen LogP contribution in [-0.4, -0.2) is 33.2 Å². The lowest BCUT2D eigenvalue weighted by Crippen LogP contribution is -2.44. The molecule has 2 aromatic heterocycles. The lowest BCUT2D eigenvalue weighted by Gasteiger charge is -2.27. The maximum Gasteiger partial charge on any atom is 0.337 e. The average molecular weight is 412 g/mol. The van der Waals surface area contributed by atoms with Gasteiger partial charge in [0.25, 0.3) is 5.56 Å². The van der Waals surface area contributed by atoms with Gasteiger partial charge in [-0.25, -0.2) is 23.5 Å². The predicted octanol–water partition coefficient (Wildman–Crippen LogP) is 1.92. The molecule has 3 aromatic rings. The van der Waals surface area contributed by atoms with E-state index in [-0.39, 0.29) is 28.7 Å². The molecule has 2 N–H and O–H groups in total. The van der Waals surface area contributed by atoms with Crippen molar-refractivity contribution in [3.05, 3.63) is 68.7 Å². The van der Waals surface area contributed by atoms with Crippen LogP contribution in [0.3, 0.4) is 0 Å². The van der Waals surface area contributed by atoms with Crippen molar-refractivity contribution in [3.63, 3.8) is 0 Å². The summed E-state index contributed by atoms with van der Waals surface area (Å²) in [6.07, 6.45) is 3.48. The molecule has 9 heteroatoms. The molecule has 4 rings (SSSR count). The molecule has 30 heavy (non-hydrogen) atoms. The molecule has 156 valence electrons. The van der Waals surface area contributed by atoms with Crippen molar-refractivity contribution in [1.82, 2.24) is 14.1 Å². The van der Waals surface area contributed by atoms with Gasteiger partial charge in [0.05, 0.1) is 29.9 Å². The van der Waals surface area contributed by atoms with Crippen LogP contribution in [-0.2, 0) is 4.74 Å². The minimum absolute atomic E-state index is 0.00653. The normalized spacial score (nSPS) is 19.0. The van der Waals surface area contributed by atoms with E-state index >= 15 is 0 Å². The van der Waals surface area contributed by atoms with Gasteiger partial charge in [0.15, 0.2) is 5.65 Å². The van der Waals surface area contributed by atoms with Crippen LogP contribution in [0.15, 0.2) is 46.1 Å². The molecular weight excluding hydrogens is 391 g/mol. The van der Waals surface area contributed by atoms with Crippen LogP contribution in [0.1, 0.15) is 42.1 Å². The highest BCUT2D eigenvalue weighted by Crippen LogP contribution is 2.26. The Kier molecular flexibility index (Phi) is 5.21. The van der Waals surface area contributed by atoms with Gasteiger partial charge < -0.3 is 10.5 Å². The molecular formula is C21H21FN4O4. The Morgan fingerprint density at radius 3 is 2.63 bits per heavy atom. The largest absolute Gasteiger partial charge is 0.465 e. The number of pyridine rings is 1. The molecule has 0 radical (unpaired) electrons. The van der Waals surface area contributed by atoms with Gasteiger partial charge in [0.1, 0.15) is 5.82 Å². The van der Waals surface area contributed by atoms with Crippen LogP contribution in [0, 0.1) is 5.82 Å². The van der Waals surface area contributed by atoms with Crippen LogP contribution < -0.4 is 17.0 Å². The standard InChI is InChI=1S/C21H21FN4O4/c1-30-20(28)12-3-2-4-16(9-12)25-18-17(10-13(22)11-24-18)19(27)26(21(25)29)15-7-5-14(23)6-8-15/h2-4,9-11,14-15H,5-8,23H2,1H3. The fraction of sp³-hybridized carbons (Fsp3) is 0.333. The summed E-state index contributed by atoms with van der Waals surface area (Å²) in [5, 5.41) is -0.00653. The number of rotatable bonds is 3. The number of nitrogens with zero attached hydrogens (tertiary/aromatic N) is 3. The highest BCUT2D eigenvalue weighted by atomic mass is 19.1. The van der Waals surface area contributed by atoms with E-state index in [1.54, 1.807) is 18.2 Å². The quantitative estimate of drug-likeness (QED) is 0.659. The highest BCUT2D eigenvalue weighted by molar-refractivity contribution is 5.90. The number of hydrogen-bond acceptors (Lipinski definition) is 6. The minimum atomic E-state index is -0.676. The second-order valence-corrected chi connectivity index (χ2v) is 7.43. The number of aromatic nitrogens is 3. The van der Waals surface area contributed by atoms with E-state index in [4.69, 9.17) is 10.5 Å². The summed E-state index contributed by atoms with van der Waals surface area (Å²) in [6.45, 7) is 0. The molecule has 1 fully saturated rings. The third-order valence-corrected chi connectivity index (χ3v) is 5.52. The van der Waals surface area contributed by atoms with E-state index in [1.807, 2.05) is 0 Å². The van der Waals surface area contributed by atoms with Gasteiger partial charge in [0.2, 0.25) is 0 Å². The summed E-state index contributed by atoms with van der Waals surface area (Å²) in [4.78, 5) is 42.5. The molecule has 1 aliphatic carbocycles. The molecule has 0 spiro atoms. The summed E-state index contributed by atoms with van der Waals surface area (Å²) in [5.41, 5.74) is 5.38. The van der Waals surface area contributed by atoms with E-state index in [0.29, 0.717) is 31.4 Å². The first-order valence-corrected chi connectivity index (χ1v) is 9.68. The first-order chi connectivity index (χ1) is 14.4. The zero-order chi connectivity index (χ0) is 21.4. The molecule has 0 bridgehead atoms. The monoisotopic (exact) mass is 412 g/mol. The smallest absolute Gasteiger partial charge is 0.337 e. The van der Waals surface area contributed by atoms with Gasteiger partial charge in [-0.1, -0.05) is 6.07 Å². The Morgan fingerprint density at radius 1 is 1.20 bits per heavy atom. The fourth-order valence-corrected chi connectivity index (χ4v) is 3.99. The van der Waals surface area contributed by atoms with E-state index < -0.39 is 23.0 Å². The van der Waals surface area contributed by atoms with Crippen LogP contribution in [0.2, 0.25) is 0 Å². The molecule has 0 atom stereocenters. The number of ether oxygens (including phenoxy) is 1. The molecule has 1 aliphatic rings. The second-order valence-electron chi connectivity index (χ2n) is 7.43. The molecule has 0 amide bonds. The Hall–Kier alpha value is -3.33. The van der Waals surface area contributed by atoms with E-state index in [1.165, 1.54) is 22.3 Å². The molecule has 8 nitrogen and oxygen atoms in total. The first-order valence-electron chi connectivity index (χ1n) is 9.68. The van der Waals surface area contributed by atoms with Crippen LogP contribution >= 0.6 is 0 Å². The van der Waals surface area contributed by atoms with Crippen LogP contribution in [0.5, 0.6) is 0 Å². The van der Waals surface area contributed by atoms with E-state index in [9.17, 15) is 18.8 Å². The number of hydrogen-bond donors (Lipinski definition) is 1. The van der Waals surface area contributed by atoms with E-state index in [0.717, 1.165) is 12.3 Å². The lowest BCUT2D eigenvalue weighted by molar-refractivity contribution is 0.0600. The SMILES string of the molecule is COC(=O)c1cccc(-n2c(=O)n(C3CCC(N)CC3)c(=O)c3cc(F)cnc32)c1. The highest BCUT2D eigenvalue weighted by Gasteiger charge is 2.26. The number of carbonyl (C=O) groups is 1. The third-order valence-electron chi connectivity index (χ3n) is 5.52. The van der Waals surface area contributed by atoms with Gasteiger partial charge in [-0.2, -0.15) is 0 Å². The predicted molar refractivity (Wildman–Crippen MR) is 108 cm³/mol. The summed E-state index contributed by atoms with van der Waals surface area (Å²) in [7, 11) is 1.26. The summed E-state index contributed by atoms with van der Waals surface area (Å²) < 4.78 is 21.1. The number of methoxy groups -OCH3 is 1. The van der Waals surface area contributed by atoms with Crippen molar-refractivity contribution in [1.29, 1.82) is 0 Å². The second kappa shape index (κ2) is 7.83. The number of benzene rings is 1. The number of nitrogens with two attached hydrogens (primary N) is 1. The van der Waals surface area contributed by atoms with Gasteiger partial charge in [-0.15, -0.1) is 0 Å². The number of esters is 1. The molecule has 0 unspecified atom stereocenters. The zero-order valence-electron chi connectivity index (χ0n) is 16.4. The van der Waals surface area contributed by atoms with Crippen molar-refractivity contribution in [3.8, 4) is 5.69 Å². The maximum absolute atomic E-state index is 13.9. The summed E-state index contributed by atoms with van der Waals surface area (Å²) in [6, 6.07) is 7.01. The maximum atomic E-state index is 13.9. The average Bonchev–Trinajstić information content (AvgIpc) is 2.75.